The summed E-state index contributed by atoms with van der Waals surface area (Å²) in [5.74, 6) is -0.831. The van der Waals surface area contributed by atoms with Gasteiger partial charge in [0.2, 0.25) is 0 Å². The summed E-state index contributed by atoms with van der Waals surface area (Å²) in [6.45, 7) is 6.57. The molecule has 0 spiro atoms. The Morgan fingerprint density at radius 1 is 1.19 bits per heavy atom. The van der Waals surface area contributed by atoms with Crippen molar-refractivity contribution in [2.24, 2.45) is 5.92 Å². The van der Waals surface area contributed by atoms with Crippen LogP contribution < -0.4 is 9.47 Å². The van der Waals surface area contributed by atoms with E-state index in [0.717, 1.165) is 0 Å². The summed E-state index contributed by atoms with van der Waals surface area (Å²) in [5, 5.41) is 8.87. The van der Waals surface area contributed by atoms with E-state index < -0.39 is 18.0 Å². The maximum absolute atomic E-state index is 12.6. The standard InChI is InChI=1S/C24H27NO6/c1-6-18(15-25)9-7-8-16(2)24(17(3)26)31-23(28)13-11-21(27)20-14-19(29-4)10-12-22(20)30-5/h6-10,12,14,16,24H,1,11,13H2,2-5H3/b8-7-,18-9+. The fourth-order valence-electron chi connectivity index (χ4n) is 2.73. The van der Waals surface area contributed by atoms with Gasteiger partial charge in [-0.2, -0.15) is 5.26 Å². The average molecular weight is 425 g/mol. The molecule has 2 atom stereocenters. The number of ether oxygens (including phenoxy) is 3. The van der Waals surface area contributed by atoms with Gasteiger partial charge in [-0.3, -0.25) is 14.4 Å². The summed E-state index contributed by atoms with van der Waals surface area (Å²) < 4.78 is 15.6. The van der Waals surface area contributed by atoms with Gasteiger partial charge in [-0.15, -0.1) is 0 Å². The molecule has 1 aromatic carbocycles. The third-order valence-electron chi connectivity index (χ3n) is 4.44. The first kappa shape index (κ1) is 25.4. The van der Waals surface area contributed by atoms with Gasteiger partial charge in [-0.05, 0) is 31.2 Å². The number of hydrogen-bond acceptors (Lipinski definition) is 7. The zero-order chi connectivity index (χ0) is 23.4. The van der Waals surface area contributed by atoms with Gasteiger partial charge >= 0.3 is 5.97 Å². The number of Topliss-reactive ketones (excluding diaryl/α,β-unsaturated/α-hetero) is 2. The average Bonchev–Trinajstić information content (AvgIpc) is 2.77. The summed E-state index contributed by atoms with van der Waals surface area (Å²) in [5.41, 5.74) is 0.669. The monoisotopic (exact) mass is 425 g/mol. The van der Waals surface area contributed by atoms with Gasteiger partial charge in [0.15, 0.2) is 17.7 Å². The van der Waals surface area contributed by atoms with E-state index in [1.54, 1.807) is 43.4 Å². The number of ketones is 2. The van der Waals surface area contributed by atoms with E-state index in [1.165, 1.54) is 27.2 Å². The number of hydrogen-bond donors (Lipinski definition) is 0. The molecule has 7 heteroatoms. The lowest BCUT2D eigenvalue weighted by atomic mass is 10.0. The molecule has 0 aromatic heterocycles. The molecule has 0 aliphatic heterocycles. The van der Waals surface area contributed by atoms with Crippen molar-refractivity contribution in [2.75, 3.05) is 14.2 Å². The van der Waals surface area contributed by atoms with E-state index in [1.807, 2.05) is 6.07 Å². The summed E-state index contributed by atoms with van der Waals surface area (Å²) in [7, 11) is 2.93. The van der Waals surface area contributed by atoms with Crippen LogP contribution in [0.1, 0.15) is 37.0 Å². The highest BCUT2D eigenvalue weighted by atomic mass is 16.5. The second-order valence-corrected chi connectivity index (χ2v) is 6.69. The molecular weight excluding hydrogens is 398 g/mol. The fourth-order valence-corrected chi connectivity index (χ4v) is 2.73. The molecule has 0 radical (unpaired) electrons. The summed E-state index contributed by atoms with van der Waals surface area (Å²) in [4.78, 5) is 36.8. The van der Waals surface area contributed by atoms with E-state index in [9.17, 15) is 14.4 Å². The van der Waals surface area contributed by atoms with Crippen molar-refractivity contribution in [3.8, 4) is 17.6 Å². The minimum atomic E-state index is -0.993. The van der Waals surface area contributed by atoms with Crippen LogP contribution in [0.25, 0.3) is 0 Å². The SMILES string of the molecule is C=C/C(C#N)=C\C=C/C(C)C(OC(=O)CCC(=O)c1cc(OC)ccc1OC)C(C)=O. The number of esters is 1. The highest BCUT2D eigenvalue weighted by molar-refractivity contribution is 6.00. The fraction of sp³-hybridized carbons (Fsp3) is 0.333. The third kappa shape index (κ3) is 7.94. The summed E-state index contributed by atoms with van der Waals surface area (Å²) in [6, 6.07) is 6.78. The van der Waals surface area contributed by atoms with Gasteiger partial charge in [0.25, 0.3) is 0 Å². The molecule has 1 aromatic rings. The predicted octanol–water partition coefficient (Wildman–Crippen LogP) is 4.00. The zero-order valence-electron chi connectivity index (χ0n) is 18.2. The molecule has 7 nitrogen and oxygen atoms in total. The van der Waals surface area contributed by atoms with Crippen molar-refractivity contribution in [2.45, 2.75) is 32.8 Å². The Labute approximate surface area is 182 Å². The number of nitriles is 1. The number of nitrogens with zero attached hydrogens (tertiary/aromatic N) is 1. The molecule has 0 heterocycles. The van der Waals surface area contributed by atoms with Crippen molar-refractivity contribution in [3.63, 3.8) is 0 Å². The topological polar surface area (TPSA) is 103 Å². The molecule has 0 saturated carbocycles. The third-order valence-corrected chi connectivity index (χ3v) is 4.44. The second-order valence-electron chi connectivity index (χ2n) is 6.69. The van der Waals surface area contributed by atoms with Crippen LogP contribution in [0.15, 0.2) is 54.7 Å². The zero-order valence-corrected chi connectivity index (χ0v) is 18.2. The van der Waals surface area contributed by atoms with E-state index in [2.05, 4.69) is 6.58 Å². The van der Waals surface area contributed by atoms with Crippen molar-refractivity contribution in [3.05, 3.63) is 60.2 Å². The van der Waals surface area contributed by atoms with Crippen LogP contribution in [0, 0.1) is 17.2 Å². The number of carbonyl (C=O) groups excluding carboxylic acids is 3. The smallest absolute Gasteiger partial charge is 0.306 e. The number of carbonyl (C=O) groups is 3. The van der Waals surface area contributed by atoms with Crippen LogP contribution >= 0.6 is 0 Å². The lowest BCUT2D eigenvalue weighted by Gasteiger charge is -2.19. The molecular formula is C24H27NO6. The number of methoxy groups -OCH3 is 2. The molecule has 0 amide bonds. The van der Waals surface area contributed by atoms with Crippen molar-refractivity contribution in [1.29, 1.82) is 5.26 Å². The van der Waals surface area contributed by atoms with Crippen LogP contribution in [0.5, 0.6) is 11.5 Å². The van der Waals surface area contributed by atoms with Crippen LogP contribution in [-0.4, -0.2) is 37.9 Å². The molecule has 0 fully saturated rings. The molecule has 1 rings (SSSR count). The first-order valence-corrected chi connectivity index (χ1v) is 9.63. The second kappa shape index (κ2) is 12.8. The van der Waals surface area contributed by atoms with Crippen molar-refractivity contribution < 1.29 is 28.6 Å². The first-order chi connectivity index (χ1) is 14.8. The van der Waals surface area contributed by atoms with Gasteiger partial charge in [0, 0.05) is 12.3 Å². The highest BCUT2D eigenvalue weighted by Crippen LogP contribution is 2.25. The lowest BCUT2D eigenvalue weighted by molar-refractivity contribution is -0.156. The van der Waals surface area contributed by atoms with E-state index >= 15 is 0 Å². The Balaban J connectivity index is 2.78. The molecule has 0 saturated heterocycles. The van der Waals surface area contributed by atoms with E-state index in [0.29, 0.717) is 22.6 Å². The van der Waals surface area contributed by atoms with Gasteiger partial charge in [-0.25, -0.2) is 0 Å². The summed E-state index contributed by atoms with van der Waals surface area (Å²) >= 11 is 0. The molecule has 0 aliphatic rings. The van der Waals surface area contributed by atoms with Crippen molar-refractivity contribution in [1.82, 2.24) is 0 Å². The number of allylic oxidation sites excluding steroid dienone is 4. The lowest BCUT2D eigenvalue weighted by Crippen LogP contribution is -2.31. The normalized spacial score (nSPS) is 13.1. The Bertz CT molecular complexity index is 922. The Morgan fingerprint density at radius 2 is 1.90 bits per heavy atom. The number of rotatable bonds is 12. The quantitative estimate of drug-likeness (QED) is 0.216. The molecule has 0 aliphatic carbocycles. The Kier molecular flexibility index (Phi) is 10.5. The summed E-state index contributed by atoms with van der Waals surface area (Å²) in [6.07, 6.45) is 4.93. The maximum atomic E-state index is 12.6. The Morgan fingerprint density at radius 3 is 2.45 bits per heavy atom. The van der Waals surface area contributed by atoms with Gasteiger partial charge in [0.1, 0.15) is 11.5 Å². The molecule has 2 unspecified atom stereocenters. The van der Waals surface area contributed by atoms with Gasteiger partial charge in [-0.1, -0.05) is 31.7 Å². The van der Waals surface area contributed by atoms with E-state index in [-0.39, 0.29) is 24.4 Å². The predicted molar refractivity (Wildman–Crippen MR) is 116 cm³/mol. The van der Waals surface area contributed by atoms with Crippen LogP contribution in [-0.2, 0) is 14.3 Å². The van der Waals surface area contributed by atoms with Crippen molar-refractivity contribution >= 4 is 17.5 Å². The van der Waals surface area contributed by atoms with Crippen LogP contribution in [0.4, 0.5) is 0 Å². The molecule has 31 heavy (non-hydrogen) atoms. The maximum Gasteiger partial charge on any atom is 0.306 e. The van der Waals surface area contributed by atoms with E-state index in [4.69, 9.17) is 19.5 Å². The van der Waals surface area contributed by atoms with Crippen LogP contribution in [0.3, 0.4) is 0 Å². The minimum Gasteiger partial charge on any atom is -0.497 e. The highest BCUT2D eigenvalue weighted by Gasteiger charge is 2.25. The number of benzene rings is 1. The van der Waals surface area contributed by atoms with Crippen LogP contribution in [0.2, 0.25) is 0 Å². The first-order valence-electron chi connectivity index (χ1n) is 9.63. The van der Waals surface area contributed by atoms with Gasteiger partial charge < -0.3 is 14.2 Å². The molecule has 0 bridgehead atoms. The molecule has 0 N–H and O–H groups in total. The molecule has 164 valence electrons. The minimum absolute atomic E-state index is 0.106. The Hall–Kier alpha value is -3.66. The van der Waals surface area contributed by atoms with Gasteiger partial charge in [0.05, 0.1) is 37.8 Å². The largest absolute Gasteiger partial charge is 0.497 e.